The van der Waals surface area contributed by atoms with Crippen LogP contribution in [-0.2, 0) is 4.74 Å². The van der Waals surface area contributed by atoms with Gasteiger partial charge in [-0.25, -0.2) is 0 Å². The van der Waals surface area contributed by atoms with Crippen LogP contribution in [0.15, 0.2) is 22.7 Å². The quantitative estimate of drug-likeness (QED) is 0.678. The molecule has 0 amide bonds. The van der Waals surface area contributed by atoms with Crippen molar-refractivity contribution in [2.45, 2.75) is 37.8 Å². The topological polar surface area (TPSA) is 18.5 Å². The largest absolute Gasteiger partial charge is 0.497 e. The second-order valence-electron chi connectivity index (χ2n) is 5.27. The SMILES string of the molecule is COc1ccc(C(Br)C2C(C)OC(C)C2C)c(Br)c1. The van der Waals surface area contributed by atoms with E-state index in [-0.39, 0.29) is 10.9 Å². The average molecular weight is 392 g/mol. The molecule has 0 bridgehead atoms. The van der Waals surface area contributed by atoms with Gasteiger partial charge in [-0.05, 0) is 37.5 Å². The van der Waals surface area contributed by atoms with Crippen LogP contribution in [0.3, 0.4) is 0 Å². The van der Waals surface area contributed by atoms with E-state index in [9.17, 15) is 0 Å². The molecule has 2 rings (SSSR count). The molecule has 0 N–H and O–H groups in total. The zero-order chi connectivity index (χ0) is 14.2. The van der Waals surface area contributed by atoms with Crippen LogP contribution in [0.5, 0.6) is 5.75 Å². The highest BCUT2D eigenvalue weighted by Crippen LogP contribution is 2.47. The third kappa shape index (κ3) is 3.01. The summed E-state index contributed by atoms with van der Waals surface area (Å²) in [4.78, 5) is 0.280. The molecule has 4 heteroatoms. The van der Waals surface area contributed by atoms with E-state index in [0.717, 1.165) is 10.2 Å². The van der Waals surface area contributed by atoms with Crippen LogP contribution in [0, 0.1) is 11.8 Å². The Morgan fingerprint density at radius 2 is 1.89 bits per heavy atom. The highest BCUT2D eigenvalue weighted by molar-refractivity contribution is 9.11. The number of hydrogen-bond donors (Lipinski definition) is 0. The molecule has 1 aromatic rings. The van der Waals surface area contributed by atoms with Crippen molar-refractivity contribution < 1.29 is 9.47 Å². The summed E-state index contributed by atoms with van der Waals surface area (Å²) in [5.74, 6) is 1.88. The molecule has 1 aliphatic rings. The summed E-state index contributed by atoms with van der Waals surface area (Å²) in [6.45, 7) is 6.59. The molecule has 2 nitrogen and oxygen atoms in total. The number of benzene rings is 1. The second kappa shape index (κ2) is 6.15. The average Bonchev–Trinajstić information content (AvgIpc) is 2.62. The lowest BCUT2D eigenvalue weighted by atomic mass is 9.84. The van der Waals surface area contributed by atoms with Crippen molar-refractivity contribution in [1.29, 1.82) is 0 Å². The van der Waals surface area contributed by atoms with Gasteiger partial charge in [0.15, 0.2) is 0 Å². The molecule has 1 heterocycles. The van der Waals surface area contributed by atoms with Crippen LogP contribution in [0.2, 0.25) is 0 Å². The van der Waals surface area contributed by atoms with Gasteiger partial charge in [-0.1, -0.05) is 44.8 Å². The van der Waals surface area contributed by atoms with Crippen LogP contribution in [0.4, 0.5) is 0 Å². The highest BCUT2D eigenvalue weighted by Gasteiger charge is 2.41. The predicted molar refractivity (Wildman–Crippen MR) is 85.0 cm³/mol. The zero-order valence-corrected chi connectivity index (χ0v) is 14.9. The summed E-state index contributed by atoms with van der Waals surface area (Å²) in [5, 5.41) is 0. The molecule has 5 unspecified atom stereocenters. The minimum atomic E-state index is 0.267. The van der Waals surface area contributed by atoms with E-state index in [1.165, 1.54) is 5.56 Å². The van der Waals surface area contributed by atoms with E-state index in [1.54, 1.807) is 7.11 Å². The summed E-state index contributed by atoms with van der Waals surface area (Å²) in [5.41, 5.74) is 1.25. The second-order valence-corrected chi connectivity index (χ2v) is 7.11. The normalized spacial score (nSPS) is 32.3. The monoisotopic (exact) mass is 390 g/mol. The molecule has 0 saturated carbocycles. The molecule has 1 aromatic carbocycles. The maximum Gasteiger partial charge on any atom is 0.120 e. The minimum Gasteiger partial charge on any atom is -0.497 e. The molecule has 106 valence electrons. The van der Waals surface area contributed by atoms with Gasteiger partial charge in [-0.3, -0.25) is 0 Å². The lowest BCUT2D eigenvalue weighted by Gasteiger charge is -2.25. The molecule has 1 fully saturated rings. The van der Waals surface area contributed by atoms with Crippen LogP contribution in [-0.4, -0.2) is 19.3 Å². The maximum absolute atomic E-state index is 5.94. The zero-order valence-electron chi connectivity index (χ0n) is 11.7. The molecule has 0 aromatic heterocycles. The van der Waals surface area contributed by atoms with Crippen molar-refractivity contribution in [1.82, 2.24) is 0 Å². The lowest BCUT2D eigenvalue weighted by Crippen LogP contribution is -2.22. The number of halogens is 2. The molecule has 1 saturated heterocycles. The highest BCUT2D eigenvalue weighted by atomic mass is 79.9. The Kier molecular flexibility index (Phi) is 4.96. The summed E-state index contributed by atoms with van der Waals surface area (Å²) >= 11 is 7.51. The summed E-state index contributed by atoms with van der Waals surface area (Å²) in [7, 11) is 1.68. The Balaban J connectivity index is 2.26. The van der Waals surface area contributed by atoms with Gasteiger partial charge in [0.1, 0.15) is 5.75 Å². The molecular formula is C15H20Br2O2. The standard InChI is InChI=1S/C15H20Br2O2/c1-8-9(2)19-10(3)14(8)15(17)12-6-5-11(18-4)7-13(12)16/h5-10,14-15H,1-4H3. The van der Waals surface area contributed by atoms with Gasteiger partial charge in [0, 0.05) is 15.2 Å². The van der Waals surface area contributed by atoms with Gasteiger partial charge in [-0.15, -0.1) is 0 Å². The van der Waals surface area contributed by atoms with E-state index >= 15 is 0 Å². The molecule has 0 radical (unpaired) electrons. The number of ether oxygens (including phenoxy) is 2. The fraction of sp³-hybridized carbons (Fsp3) is 0.600. The molecular weight excluding hydrogens is 372 g/mol. The lowest BCUT2D eigenvalue weighted by molar-refractivity contribution is 0.0511. The molecule has 19 heavy (non-hydrogen) atoms. The van der Waals surface area contributed by atoms with E-state index in [4.69, 9.17) is 9.47 Å². The molecule has 0 spiro atoms. The smallest absolute Gasteiger partial charge is 0.120 e. The van der Waals surface area contributed by atoms with Crippen molar-refractivity contribution in [2.75, 3.05) is 7.11 Å². The Hall–Kier alpha value is -0.0600. The van der Waals surface area contributed by atoms with Gasteiger partial charge in [-0.2, -0.15) is 0 Å². The third-order valence-electron chi connectivity index (χ3n) is 4.16. The van der Waals surface area contributed by atoms with Crippen molar-refractivity contribution in [3.63, 3.8) is 0 Å². The molecule has 1 aliphatic heterocycles. The Bertz CT molecular complexity index is 450. The van der Waals surface area contributed by atoms with Crippen LogP contribution >= 0.6 is 31.9 Å². The maximum atomic E-state index is 5.94. The van der Waals surface area contributed by atoms with Gasteiger partial charge in [0.25, 0.3) is 0 Å². The number of methoxy groups -OCH3 is 1. The first-order valence-electron chi connectivity index (χ1n) is 6.58. The summed E-state index contributed by atoms with van der Waals surface area (Å²) < 4.78 is 12.3. The first kappa shape index (κ1) is 15.3. The van der Waals surface area contributed by atoms with Gasteiger partial charge in [0.05, 0.1) is 19.3 Å². The van der Waals surface area contributed by atoms with Crippen LogP contribution in [0.1, 0.15) is 31.2 Å². The van der Waals surface area contributed by atoms with Crippen LogP contribution in [0.25, 0.3) is 0 Å². The van der Waals surface area contributed by atoms with Gasteiger partial charge >= 0.3 is 0 Å². The van der Waals surface area contributed by atoms with E-state index in [1.807, 2.05) is 12.1 Å². The fourth-order valence-electron chi connectivity index (χ4n) is 2.86. The van der Waals surface area contributed by atoms with Crippen LogP contribution < -0.4 is 4.74 Å². The van der Waals surface area contributed by atoms with E-state index < -0.39 is 0 Å². The van der Waals surface area contributed by atoms with E-state index in [2.05, 4.69) is 58.7 Å². The van der Waals surface area contributed by atoms with Crippen molar-refractivity contribution in [3.05, 3.63) is 28.2 Å². The Morgan fingerprint density at radius 1 is 1.21 bits per heavy atom. The van der Waals surface area contributed by atoms with Gasteiger partial charge in [0.2, 0.25) is 0 Å². The fourth-order valence-corrected chi connectivity index (χ4v) is 5.09. The Labute approximate surface area is 132 Å². The van der Waals surface area contributed by atoms with E-state index in [0.29, 0.717) is 17.9 Å². The predicted octanol–water partition coefficient (Wildman–Crippen LogP) is 4.95. The third-order valence-corrected chi connectivity index (χ3v) is 5.95. The first-order valence-corrected chi connectivity index (χ1v) is 8.29. The van der Waals surface area contributed by atoms with Crippen molar-refractivity contribution in [2.24, 2.45) is 11.8 Å². The number of rotatable bonds is 3. The van der Waals surface area contributed by atoms with Gasteiger partial charge < -0.3 is 9.47 Å². The minimum absolute atomic E-state index is 0.267. The van der Waals surface area contributed by atoms with Crippen molar-refractivity contribution >= 4 is 31.9 Å². The summed E-state index contributed by atoms with van der Waals surface area (Å²) in [6.07, 6.45) is 0.584. The molecule has 5 atom stereocenters. The number of hydrogen-bond acceptors (Lipinski definition) is 2. The number of alkyl halides is 1. The summed E-state index contributed by atoms with van der Waals surface area (Å²) in [6, 6.07) is 6.13. The molecule has 0 aliphatic carbocycles. The first-order chi connectivity index (χ1) is 8.95. The Morgan fingerprint density at radius 3 is 2.37 bits per heavy atom. The van der Waals surface area contributed by atoms with Crippen molar-refractivity contribution in [3.8, 4) is 5.75 Å².